The quantitative estimate of drug-likeness (QED) is 0.343. The van der Waals surface area contributed by atoms with Gasteiger partial charge in [0.2, 0.25) is 5.91 Å². The van der Waals surface area contributed by atoms with Gasteiger partial charge in [0.15, 0.2) is 0 Å². The summed E-state index contributed by atoms with van der Waals surface area (Å²) in [7, 11) is 0. The van der Waals surface area contributed by atoms with Gasteiger partial charge in [-0.1, -0.05) is 101 Å². The first-order valence-corrected chi connectivity index (χ1v) is 10.8. The number of hydrogen-bond acceptors (Lipinski definition) is 2. The summed E-state index contributed by atoms with van der Waals surface area (Å²) < 4.78 is 0. The third-order valence-electron chi connectivity index (χ3n) is 5.78. The molecule has 0 aliphatic carbocycles. The second-order valence-electron chi connectivity index (χ2n) is 7.83. The standard InChI is InChI=1S/C23H37NO2/c1-2-3-4-5-6-7-8-9-10-14-17-22-21(18-19-23(25)24(22)26)20-15-12-11-13-16-20/h11-13,15-16,21-22,26H,2-10,14,17-19H2,1H3/t21-,22-/m0/s1. The summed E-state index contributed by atoms with van der Waals surface area (Å²) in [5, 5.41) is 11.3. The van der Waals surface area contributed by atoms with Gasteiger partial charge in [-0.2, -0.15) is 0 Å². The lowest BCUT2D eigenvalue weighted by Crippen LogP contribution is -2.45. The number of unbranched alkanes of at least 4 members (excludes halogenated alkanes) is 9. The van der Waals surface area contributed by atoms with Crippen LogP contribution < -0.4 is 0 Å². The topological polar surface area (TPSA) is 40.5 Å². The first kappa shape index (κ1) is 21.0. The molecule has 1 aromatic carbocycles. The number of carbonyl (C=O) groups excluding carboxylic acids is 1. The van der Waals surface area contributed by atoms with Crippen molar-refractivity contribution in [1.82, 2.24) is 5.06 Å². The van der Waals surface area contributed by atoms with Crippen molar-refractivity contribution in [2.45, 2.75) is 102 Å². The van der Waals surface area contributed by atoms with Gasteiger partial charge in [-0.15, -0.1) is 0 Å². The van der Waals surface area contributed by atoms with Crippen LogP contribution >= 0.6 is 0 Å². The minimum Gasteiger partial charge on any atom is -0.286 e. The molecule has 3 nitrogen and oxygen atoms in total. The molecule has 0 unspecified atom stereocenters. The van der Waals surface area contributed by atoms with Crippen LogP contribution in [0.4, 0.5) is 0 Å². The number of amides is 1. The molecule has 1 aliphatic heterocycles. The van der Waals surface area contributed by atoms with Crippen molar-refractivity contribution in [3.8, 4) is 0 Å². The molecule has 1 heterocycles. The number of carbonyl (C=O) groups is 1. The zero-order chi connectivity index (χ0) is 18.6. The fraction of sp³-hybridized carbons (Fsp3) is 0.696. The zero-order valence-corrected chi connectivity index (χ0v) is 16.5. The lowest BCUT2D eigenvalue weighted by molar-refractivity contribution is -0.185. The summed E-state index contributed by atoms with van der Waals surface area (Å²) in [6, 6.07) is 10.3. The van der Waals surface area contributed by atoms with Crippen LogP contribution in [0, 0.1) is 0 Å². The smallest absolute Gasteiger partial charge is 0.246 e. The summed E-state index contributed by atoms with van der Waals surface area (Å²) in [6.07, 6.45) is 15.3. The molecule has 2 rings (SSSR count). The molecule has 1 N–H and O–H groups in total. The summed E-state index contributed by atoms with van der Waals surface area (Å²) in [5.74, 6) is 0.145. The van der Waals surface area contributed by atoms with E-state index in [0.29, 0.717) is 6.42 Å². The molecule has 1 aliphatic rings. The van der Waals surface area contributed by atoms with Crippen LogP contribution in [0.1, 0.15) is 102 Å². The number of hydroxylamine groups is 2. The summed E-state index contributed by atoms with van der Waals surface area (Å²) in [6.45, 7) is 2.26. The lowest BCUT2D eigenvalue weighted by atomic mass is 9.82. The number of rotatable bonds is 12. The van der Waals surface area contributed by atoms with Gasteiger partial charge in [-0.25, -0.2) is 5.06 Å². The molecule has 1 saturated heterocycles. The highest BCUT2D eigenvalue weighted by Gasteiger charge is 2.35. The first-order valence-electron chi connectivity index (χ1n) is 10.8. The van der Waals surface area contributed by atoms with E-state index in [0.717, 1.165) is 24.3 Å². The Morgan fingerprint density at radius 2 is 1.50 bits per heavy atom. The van der Waals surface area contributed by atoms with Crippen molar-refractivity contribution in [3.05, 3.63) is 35.9 Å². The molecule has 0 bridgehead atoms. The normalized spacial score (nSPS) is 20.5. The van der Waals surface area contributed by atoms with Gasteiger partial charge >= 0.3 is 0 Å². The van der Waals surface area contributed by atoms with Gasteiger partial charge in [0.05, 0.1) is 6.04 Å². The predicted molar refractivity (Wildman–Crippen MR) is 107 cm³/mol. The Morgan fingerprint density at radius 3 is 2.12 bits per heavy atom. The minimum atomic E-state index is -0.116. The number of benzene rings is 1. The molecule has 2 atom stereocenters. The molecular weight excluding hydrogens is 322 g/mol. The second-order valence-corrected chi connectivity index (χ2v) is 7.83. The largest absolute Gasteiger partial charge is 0.286 e. The minimum absolute atomic E-state index is 0.0623. The van der Waals surface area contributed by atoms with Crippen molar-refractivity contribution in [1.29, 1.82) is 0 Å². The van der Waals surface area contributed by atoms with Crippen LogP contribution in [-0.2, 0) is 4.79 Å². The monoisotopic (exact) mass is 359 g/mol. The first-order chi connectivity index (χ1) is 12.7. The van der Waals surface area contributed by atoms with E-state index < -0.39 is 0 Å². The molecule has 1 aromatic rings. The maximum atomic E-state index is 11.9. The van der Waals surface area contributed by atoms with Gasteiger partial charge < -0.3 is 0 Å². The van der Waals surface area contributed by atoms with Crippen LogP contribution in [0.3, 0.4) is 0 Å². The number of nitrogens with zero attached hydrogens (tertiary/aromatic N) is 1. The van der Waals surface area contributed by atoms with Gasteiger partial charge in [-0.3, -0.25) is 10.0 Å². The maximum Gasteiger partial charge on any atom is 0.246 e. The Bertz CT molecular complexity index is 502. The SMILES string of the molecule is CCCCCCCCCCCC[C@H]1[C@H](c2ccccc2)CCC(=O)N1O. The van der Waals surface area contributed by atoms with Crippen LogP contribution in [0.25, 0.3) is 0 Å². The van der Waals surface area contributed by atoms with Gasteiger partial charge in [0, 0.05) is 12.3 Å². The fourth-order valence-corrected chi connectivity index (χ4v) is 4.19. The van der Waals surface area contributed by atoms with Crippen molar-refractivity contribution >= 4 is 5.91 Å². The fourth-order valence-electron chi connectivity index (χ4n) is 4.19. The second kappa shape index (κ2) is 12.1. The van der Waals surface area contributed by atoms with Crippen molar-refractivity contribution in [3.63, 3.8) is 0 Å². The van der Waals surface area contributed by atoms with E-state index in [-0.39, 0.29) is 17.9 Å². The highest BCUT2D eigenvalue weighted by molar-refractivity contribution is 5.76. The third-order valence-corrected chi connectivity index (χ3v) is 5.78. The van der Waals surface area contributed by atoms with Crippen molar-refractivity contribution in [2.75, 3.05) is 0 Å². The van der Waals surface area contributed by atoms with Gasteiger partial charge in [0.1, 0.15) is 0 Å². The summed E-state index contributed by atoms with van der Waals surface area (Å²) >= 11 is 0. The maximum absolute atomic E-state index is 11.9. The molecule has 0 saturated carbocycles. The van der Waals surface area contributed by atoms with Crippen LogP contribution in [0.5, 0.6) is 0 Å². The molecule has 26 heavy (non-hydrogen) atoms. The molecule has 146 valence electrons. The Balaban J connectivity index is 1.69. The molecular formula is C23H37NO2. The number of piperidine rings is 1. The van der Waals surface area contributed by atoms with E-state index in [1.165, 1.54) is 63.4 Å². The summed E-state index contributed by atoms with van der Waals surface area (Å²) in [4.78, 5) is 11.9. The highest BCUT2D eigenvalue weighted by atomic mass is 16.5. The van der Waals surface area contributed by atoms with Crippen molar-refractivity contribution < 1.29 is 10.0 Å². The Kier molecular flexibility index (Phi) is 9.76. The Hall–Kier alpha value is -1.35. The van der Waals surface area contributed by atoms with E-state index in [1.54, 1.807) is 0 Å². The molecule has 0 aromatic heterocycles. The summed E-state index contributed by atoms with van der Waals surface area (Å²) in [5.41, 5.74) is 1.25. The van der Waals surface area contributed by atoms with E-state index >= 15 is 0 Å². The van der Waals surface area contributed by atoms with Gasteiger partial charge in [-0.05, 0) is 18.4 Å². The third kappa shape index (κ3) is 6.75. The highest BCUT2D eigenvalue weighted by Crippen LogP contribution is 2.35. The predicted octanol–water partition coefficient (Wildman–Crippen LogP) is 6.46. The average molecular weight is 360 g/mol. The zero-order valence-electron chi connectivity index (χ0n) is 16.5. The Morgan fingerprint density at radius 1 is 0.923 bits per heavy atom. The molecule has 3 heteroatoms. The molecule has 1 amide bonds. The van der Waals surface area contributed by atoms with E-state index in [1.807, 2.05) is 18.2 Å². The average Bonchev–Trinajstić information content (AvgIpc) is 2.67. The van der Waals surface area contributed by atoms with Crippen molar-refractivity contribution in [2.24, 2.45) is 0 Å². The molecule has 0 radical (unpaired) electrons. The lowest BCUT2D eigenvalue weighted by Gasteiger charge is -2.37. The van der Waals surface area contributed by atoms with E-state index in [2.05, 4.69) is 19.1 Å². The Labute approximate surface area is 159 Å². The van der Waals surface area contributed by atoms with Crippen LogP contribution in [0.15, 0.2) is 30.3 Å². The van der Waals surface area contributed by atoms with E-state index in [9.17, 15) is 10.0 Å². The van der Waals surface area contributed by atoms with E-state index in [4.69, 9.17) is 0 Å². The van der Waals surface area contributed by atoms with Crippen LogP contribution in [0.2, 0.25) is 0 Å². The van der Waals surface area contributed by atoms with Gasteiger partial charge in [0.25, 0.3) is 0 Å². The molecule has 1 fully saturated rings. The molecule has 0 spiro atoms. The van der Waals surface area contributed by atoms with Crippen LogP contribution in [-0.4, -0.2) is 22.2 Å². The number of hydrogen-bond donors (Lipinski definition) is 1.